The SMILES string of the molecule is Cc1cccc(N2CCN(c3cnc(N)c(C)c3)CC2)c1. The largest absolute Gasteiger partial charge is 0.383 e. The van der Waals surface area contributed by atoms with E-state index in [4.69, 9.17) is 5.73 Å². The third kappa shape index (κ3) is 2.94. The Balaban J connectivity index is 1.68. The molecule has 4 heteroatoms. The van der Waals surface area contributed by atoms with Crippen LogP contribution in [0.25, 0.3) is 0 Å². The summed E-state index contributed by atoms with van der Waals surface area (Å²) in [6.07, 6.45) is 1.88. The van der Waals surface area contributed by atoms with Gasteiger partial charge >= 0.3 is 0 Å². The Morgan fingerprint density at radius 1 is 0.952 bits per heavy atom. The average molecular weight is 282 g/mol. The molecule has 1 aromatic heterocycles. The number of pyridine rings is 1. The first-order valence-electron chi connectivity index (χ1n) is 7.42. The molecule has 0 spiro atoms. The fourth-order valence-electron chi connectivity index (χ4n) is 2.79. The number of nitrogens with two attached hydrogens (primary N) is 1. The first-order valence-corrected chi connectivity index (χ1v) is 7.42. The van der Waals surface area contributed by atoms with Crippen molar-refractivity contribution in [3.8, 4) is 0 Å². The predicted octanol–water partition coefficient (Wildman–Crippen LogP) is 2.61. The first-order chi connectivity index (χ1) is 10.1. The van der Waals surface area contributed by atoms with Crippen LogP contribution in [0.4, 0.5) is 17.2 Å². The molecule has 1 saturated heterocycles. The minimum absolute atomic E-state index is 0.622. The first kappa shape index (κ1) is 13.7. The van der Waals surface area contributed by atoms with E-state index in [1.807, 2.05) is 13.1 Å². The quantitative estimate of drug-likeness (QED) is 0.919. The molecule has 0 amide bonds. The highest BCUT2D eigenvalue weighted by Crippen LogP contribution is 2.22. The van der Waals surface area contributed by atoms with Crippen molar-refractivity contribution in [2.24, 2.45) is 0 Å². The fraction of sp³-hybridized carbons (Fsp3) is 0.353. The zero-order chi connectivity index (χ0) is 14.8. The Bertz CT molecular complexity index is 630. The molecule has 2 N–H and O–H groups in total. The van der Waals surface area contributed by atoms with Crippen LogP contribution in [0.2, 0.25) is 0 Å². The van der Waals surface area contributed by atoms with Crippen LogP contribution in [0.5, 0.6) is 0 Å². The third-order valence-electron chi connectivity index (χ3n) is 4.12. The van der Waals surface area contributed by atoms with E-state index in [1.54, 1.807) is 0 Å². The summed E-state index contributed by atoms with van der Waals surface area (Å²) < 4.78 is 0. The van der Waals surface area contributed by atoms with Crippen molar-refractivity contribution >= 4 is 17.2 Å². The molecule has 1 fully saturated rings. The molecule has 0 bridgehead atoms. The zero-order valence-corrected chi connectivity index (χ0v) is 12.7. The number of aryl methyl sites for hydroxylation is 2. The van der Waals surface area contributed by atoms with Crippen LogP contribution in [0, 0.1) is 13.8 Å². The minimum atomic E-state index is 0.622. The summed E-state index contributed by atoms with van der Waals surface area (Å²) in [6, 6.07) is 10.8. The molecule has 4 nitrogen and oxygen atoms in total. The van der Waals surface area contributed by atoms with Gasteiger partial charge in [0.2, 0.25) is 0 Å². The Hall–Kier alpha value is -2.23. The molecule has 1 aliphatic heterocycles. The minimum Gasteiger partial charge on any atom is -0.383 e. The van der Waals surface area contributed by atoms with Crippen LogP contribution in [-0.4, -0.2) is 31.2 Å². The van der Waals surface area contributed by atoms with E-state index in [0.717, 1.165) is 31.7 Å². The van der Waals surface area contributed by atoms with Crippen LogP contribution in [0.1, 0.15) is 11.1 Å². The molecule has 3 rings (SSSR count). The van der Waals surface area contributed by atoms with Crippen LogP contribution in [0.15, 0.2) is 36.5 Å². The molecule has 0 unspecified atom stereocenters. The molecule has 21 heavy (non-hydrogen) atoms. The lowest BCUT2D eigenvalue weighted by atomic mass is 10.2. The van der Waals surface area contributed by atoms with Crippen LogP contribution >= 0.6 is 0 Å². The van der Waals surface area contributed by atoms with Crippen LogP contribution < -0.4 is 15.5 Å². The van der Waals surface area contributed by atoms with Crippen molar-refractivity contribution in [2.75, 3.05) is 41.7 Å². The Labute approximate surface area is 126 Å². The van der Waals surface area contributed by atoms with Crippen molar-refractivity contribution in [1.29, 1.82) is 0 Å². The van der Waals surface area contributed by atoms with Gasteiger partial charge in [0, 0.05) is 31.9 Å². The van der Waals surface area contributed by atoms with Gasteiger partial charge in [-0.15, -0.1) is 0 Å². The maximum absolute atomic E-state index is 5.79. The standard InChI is InChI=1S/C17H22N4/c1-13-4-3-5-15(10-13)20-6-8-21(9-7-20)16-11-14(2)17(18)19-12-16/h3-5,10-12H,6-9H2,1-2H3,(H2,18,19). The highest BCUT2D eigenvalue weighted by molar-refractivity contribution is 5.55. The number of rotatable bonds is 2. The molecule has 1 aliphatic rings. The number of benzene rings is 1. The molecule has 2 aromatic rings. The van der Waals surface area contributed by atoms with Crippen molar-refractivity contribution in [3.05, 3.63) is 47.7 Å². The number of anilines is 3. The summed E-state index contributed by atoms with van der Waals surface area (Å²) in [5.41, 5.74) is 10.6. The maximum atomic E-state index is 5.79. The van der Waals surface area contributed by atoms with Gasteiger partial charge in [0.05, 0.1) is 11.9 Å². The fourth-order valence-corrected chi connectivity index (χ4v) is 2.79. The molecular formula is C17H22N4. The van der Waals surface area contributed by atoms with Crippen molar-refractivity contribution in [3.63, 3.8) is 0 Å². The second kappa shape index (κ2) is 5.64. The molecule has 1 aromatic carbocycles. The number of piperazine rings is 1. The summed E-state index contributed by atoms with van der Waals surface area (Å²) in [5, 5.41) is 0. The van der Waals surface area contributed by atoms with Crippen LogP contribution in [-0.2, 0) is 0 Å². The van der Waals surface area contributed by atoms with Crippen molar-refractivity contribution in [2.45, 2.75) is 13.8 Å². The monoisotopic (exact) mass is 282 g/mol. The van der Waals surface area contributed by atoms with Gasteiger partial charge in [-0.1, -0.05) is 12.1 Å². The van der Waals surface area contributed by atoms with E-state index in [9.17, 15) is 0 Å². The van der Waals surface area contributed by atoms with E-state index in [0.29, 0.717) is 5.82 Å². The lowest BCUT2D eigenvalue weighted by Gasteiger charge is -2.37. The lowest BCUT2D eigenvalue weighted by Crippen LogP contribution is -2.46. The van der Waals surface area contributed by atoms with Gasteiger partial charge in [0.1, 0.15) is 5.82 Å². The summed E-state index contributed by atoms with van der Waals surface area (Å²) in [7, 11) is 0. The summed E-state index contributed by atoms with van der Waals surface area (Å²) in [6.45, 7) is 8.25. The normalized spacial score (nSPS) is 15.3. The molecule has 0 aliphatic carbocycles. The number of hydrogen-bond donors (Lipinski definition) is 1. The van der Waals surface area contributed by atoms with Gasteiger partial charge in [0.15, 0.2) is 0 Å². The molecule has 0 atom stereocenters. The van der Waals surface area contributed by atoms with E-state index in [1.165, 1.54) is 16.9 Å². The van der Waals surface area contributed by atoms with Gasteiger partial charge in [-0.25, -0.2) is 4.98 Å². The number of hydrogen-bond acceptors (Lipinski definition) is 4. The smallest absolute Gasteiger partial charge is 0.126 e. The molecule has 2 heterocycles. The second-order valence-electron chi connectivity index (χ2n) is 5.71. The van der Waals surface area contributed by atoms with E-state index < -0.39 is 0 Å². The predicted molar refractivity (Wildman–Crippen MR) is 89.0 cm³/mol. The Morgan fingerprint density at radius 3 is 2.24 bits per heavy atom. The highest BCUT2D eigenvalue weighted by Gasteiger charge is 2.18. The lowest BCUT2D eigenvalue weighted by molar-refractivity contribution is 0.652. The van der Waals surface area contributed by atoms with E-state index in [2.05, 4.69) is 52.0 Å². The Kier molecular flexibility index (Phi) is 3.69. The highest BCUT2D eigenvalue weighted by atomic mass is 15.3. The van der Waals surface area contributed by atoms with Gasteiger partial charge in [-0.3, -0.25) is 0 Å². The van der Waals surface area contributed by atoms with Gasteiger partial charge < -0.3 is 15.5 Å². The van der Waals surface area contributed by atoms with E-state index >= 15 is 0 Å². The van der Waals surface area contributed by atoms with Gasteiger partial charge in [-0.2, -0.15) is 0 Å². The van der Waals surface area contributed by atoms with Crippen molar-refractivity contribution < 1.29 is 0 Å². The zero-order valence-electron chi connectivity index (χ0n) is 12.7. The van der Waals surface area contributed by atoms with Gasteiger partial charge in [0.25, 0.3) is 0 Å². The topological polar surface area (TPSA) is 45.4 Å². The maximum Gasteiger partial charge on any atom is 0.126 e. The van der Waals surface area contributed by atoms with Crippen molar-refractivity contribution in [1.82, 2.24) is 4.98 Å². The molecular weight excluding hydrogens is 260 g/mol. The number of nitrogen functional groups attached to an aromatic ring is 1. The molecule has 110 valence electrons. The summed E-state index contributed by atoms with van der Waals surface area (Å²) in [5.74, 6) is 0.622. The summed E-state index contributed by atoms with van der Waals surface area (Å²) >= 11 is 0. The average Bonchev–Trinajstić information content (AvgIpc) is 2.50. The Morgan fingerprint density at radius 2 is 1.62 bits per heavy atom. The van der Waals surface area contributed by atoms with Crippen LogP contribution in [0.3, 0.4) is 0 Å². The molecule has 0 saturated carbocycles. The number of aromatic nitrogens is 1. The molecule has 0 radical (unpaired) electrons. The van der Waals surface area contributed by atoms with Gasteiger partial charge in [-0.05, 0) is 43.2 Å². The number of nitrogens with zero attached hydrogens (tertiary/aromatic N) is 3. The second-order valence-corrected chi connectivity index (χ2v) is 5.71. The van der Waals surface area contributed by atoms with E-state index in [-0.39, 0.29) is 0 Å². The third-order valence-corrected chi connectivity index (χ3v) is 4.12. The summed E-state index contributed by atoms with van der Waals surface area (Å²) in [4.78, 5) is 9.09.